The smallest absolute Gasteiger partial charge is 0.251 e. The van der Waals surface area contributed by atoms with E-state index in [0.29, 0.717) is 23.5 Å². The Bertz CT molecular complexity index is 1010. The van der Waals surface area contributed by atoms with Crippen molar-refractivity contribution >= 4 is 28.5 Å². The molecular formula is C20H21N4O3S-. The molecule has 0 spiro atoms. The number of anilines is 2. The fourth-order valence-corrected chi connectivity index (χ4v) is 3.45. The van der Waals surface area contributed by atoms with E-state index in [4.69, 9.17) is 0 Å². The number of hydrogen-bond acceptors (Lipinski definition) is 4. The second kappa shape index (κ2) is 8.37. The summed E-state index contributed by atoms with van der Waals surface area (Å²) >= 11 is -2.53. The third-order valence-electron chi connectivity index (χ3n) is 4.46. The fourth-order valence-electron chi connectivity index (χ4n) is 2.80. The van der Waals surface area contributed by atoms with Gasteiger partial charge < -0.3 is 9.87 Å². The van der Waals surface area contributed by atoms with Crippen LogP contribution in [0.25, 0.3) is 0 Å². The lowest BCUT2D eigenvalue weighted by molar-refractivity contribution is 0.0950. The zero-order chi connectivity index (χ0) is 20.3. The minimum absolute atomic E-state index is 0.289. The molecule has 0 saturated carbocycles. The summed E-state index contributed by atoms with van der Waals surface area (Å²) in [6, 6.07) is 14.0. The Balaban J connectivity index is 1.88. The Kier molecular flexibility index (Phi) is 5.91. The van der Waals surface area contributed by atoms with Crippen molar-refractivity contribution in [1.29, 1.82) is 0 Å². The van der Waals surface area contributed by atoms with Crippen molar-refractivity contribution in [2.24, 2.45) is 7.05 Å². The third kappa shape index (κ3) is 4.29. The van der Waals surface area contributed by atoms with Crippen LogP contribution in [0.2, 0.25) is 0 Å². The van der Waals surface area contributed by atoms with Crippen molar-refractivity contribution in [3.05, 3.63) is 77.1 Å². The van der Waals surface area contributed by atoms with Gasteiger partial charge in [0.2, 0.25) is 0 Å². The van der Waals surface area contributed by atoms with Crippen LogP contribution >= 0.6 is 0 Å². The van der Waals surface area contributed by atoms with Crippen molar-refractivity contribution in [2.45, 2.75) is 20.4 Å². The molecule has 1 heterocycles. The van der Waals surface area contributed by atoms with Crippen LogP contribution in [-0.2, 0) is 24.9 Å². The van der Waals surface area contributed by atoms with Crippen molar-refractivity contribution in [3.63, 3.8) is 0 Å². The lowest BCUT2D eigenvalue weighted by atomic mass is 10.1. The number of rotatable bonds is 6. The average Bonchev–Trinajstić information content (AvgIpc) is 3.07. The highest BCUT2D eigenvalue weighted by atomic mass is 32.2. The highest BCUT2D eigenvalue weighted by Gasteiger charge is 2.16. The molecule has 0 fully saturated rings. The Hall–Kier alpha value is -2.97. The number of aryl methyl sites for hydroxylation is 3. The Morgan fingerprint density at radius 2 is 1.89 bits per heavy atom. The first kappa shape index (κ1) is 19.8. The molecule has 3 rings (SSSR count). The molecule has 0 aliphatic heterocycles. The standard InChI is InChI=1S/C20H22N4O3S/c1-14-4-8-17(9-5-14)24(28(26)27)19-12-16(7-6-15(19)2)20(25)21-13-18-10-11-22-23(18)3/h4-12H,13H2,1-3H3,(H,21,25)(H,26,27)/p-1. The van der Waals surface area contributed by atoms with E-state index in [1.165, 1.54) is 4.31 Å². The molecule has 8 heteroatoms. The quantitative estimate of drug-likeness (QED) is 0.648. The van der Waals surface area contributed by atoms with Gasteiger partial charge in [-0.25, -0.2) is 0 Å². The number of carbonyl (C=O) groups excluding carboxylic acids is 1. The number of amides is 1. The molecule has 2 aromatic carbocycles. The zero-order valence-corrected chi connectivity index (χ0v) is 16.7. The molecule has 0 bridgehead atoms. The minimum Gasteiger partial charge on any atom is -0.755 e. The topological polar surface area (TPSA) is 90.3 Å². The lowest BCUT2D eigenvalue weighted by Gasteiger charge is -2.28. The molecule has 0 saturated heterocycles. The predicted octanol–water partition coefficient (Wildman–Crippen LogP) is 2.90. The molecule has 146 valence electrons. The van der Waals surface area contributed by atoms with Crippen LogP contribution < -0.4 is 9.62 Å². The maximum Gasteiger partial charge on any atom is 0.251 e. The van der Waals surface area contributed by atoms with E-state index in [2.05, 4.69) is 10.4 Å². The first-order chi connectivity index (χ1) is 13.4. The SMILES string of the molecule is Cc1ccc(N(c2cc(C(=O)NCc3ccnn3C)ccc2C)S(=O)[O-])cc1. The van der Waals surface area contributed by atoms with Crippen LogP contribution in [0.15, 0.2) is 54.7 Å². The summed E-state index contributed by atoms with van der Waals surface area (Å²) in [5, 5.41) is 6.90. The second-order valence-corrected chi connectivity index (χ2v) is 7.28. The van der Waals surface area contributed by atoms with Gasteiger partial charge in [0.15, 0.2) is 0 Å². The van der Waals surface area contributed by atoms with E-state index in [-0.39, 0.29) is 5.91 Å². The number of nitrogens with one attached hydrogen (secondary N) is 1. The van der Waals surface area contributed by atoms with Crippen LogP contribution in [-0.4, -0.2) is 24.4 Å². The number of aromatic nitrogens is 2. The van der Waals surface area contributed by atoms with Gasteiger partial charge in [-0.05, 0) is 49.7 Å². The summed E-state index contributed by atoms with van der Waals surface area (Å²) in [7, 11) is 1.80. The Labute approximate surface area is 166 Å². The summed E-state index contributed by atoms with van der Waals surface area (Å²) in [4.78, 5) is 12.6. The van der Waals surface area contributed by atoms with E-state index in [1.807, 2.05) is 25.1 Å². The molecule has 1 aromatic heterocycles. The molecule has 1 N–H and O–H groups in total. The lowest BCUT2D eigenvalue weighted by Crippen LogP contribution is -2.25. The summed E-state index contributed by atoms with van der Waals surface area (Å²) < 4.78 is 26.8. The van der Waals surface area contributed by atoms with Gasteiger partial charge in [-0.2, -0.15) is 5.10 Å². The predicted molar refractivity (Wildman–Crippen MR) is 108 cm³/mol. The molecule has 28 heavy (non-hydrogen) atoms. The van der Waals surface area contributed by atoms with Crippen LogP contribution in [0, 0.1) is 13.8 Å². The van der Waals surface area contributed by atoms with Crippen molar-refractivity contribution in [3.8, 4) is 0 Å². The van der Waals surface area contributed by atoms with Gasteiger partial charge in [0.25, 0.3) is 5.91 Å². The first-order valence-electron chi connectivity index (χ1n) is 8.68. The average molecular weight is 397 g/mol. The second-order valence-electron chi connectivity index (χ2n) is 6.48. The molecule has 1 atom stereocenters. The van der Waals surface area contributed by atoms with E-state index in [1.54, 1.807) is 55.2 Å². The van der Waals surface area contributed by atoms with Gasteiger partial charge in [0.05, 0.1) is 34.9 Å². The first-order valence-corrected chi connectivity index (χ1v) is 9.72. The molecule has 1 amide bonds. The highest BCUT2D eigenvalue weighted by molar-refractivity contribution is 7.81. The molecule has 3 aromatic rings. The summed E-state index contributed by atoms with van der Waals surface area (Å²) in [6.07, 6.45) is 1.66. The van der Waals surface area contributed by atoms with Crippen molar-refractivity contribution in [1.82, 2.24) is 15.1 Å². The van der Waals surface area contributed by atoms with Crippen molar-refractivity contribution in [2.75, 3.05) is 4.31 Å². The molecule has 7 nitrogen and oxygen atoms in total. The highest BCUT2D eigenvalue weighted by Crippen LogP contribution is 2.30. The maximum atomic E-state index is 12.6. The van der Waals surface area contributed by atoms with Gasteiger partial charge in [0, 0.05) is 18.8 Å². The van der Waals surface area contributed by atoms with Gasteiger partial charge >= 0.3 is 0 Å². The normalized spacial score (nSPS) is 11.9. The van der Waals surface area contributed by atoms with Gasteiger partial charge in [-0.3, -0.25) is 18.0 Å². The Morgan fingerprint density at radius 3 is 2.50 bits per heavy atom. The maximum absolute atomic E-state index is 12.6. The molecule has 0 aliphatic rings. The number of hydrogen-bond donors (Lipinski definition) is 1. The zero-order valence-electron chi connectivity index (χ0n) is 15.9. The van der Waals surface area contributed by atoms with E-state index in [0.717, 1.165) is 16.8 Å². The largest absolute Gasteiger partial charge is 0.755 e. The molecular weight excluding hydrogens is 376 g/mol. The van der Waals surface area contributed by atoms with Gasteiger partial charge in [0.1, 0.15) is 0 Å². The minimum atomic E-state index is -2.53. The van der Waals surface area contributed by atoms with Crippen LogP contribution in [0.4, 0.5) is 11.4 Å². The number of carbonyl (C=O) groups is 1. The summed E-state index contributed by atoms with van der Waals surface area (Å²) in [5.41, 5.74) is 3.96. The Morgan fingerprint density at radius 1 is 1.18 bits per heavy atom. The third-order valence-corrected chi connectivity index (χ3v) is 5.17. The fraction of sp³-hybridized carbons (Fsp3) is 0.200. The summed E-state index contributed by atoms with van der Waals surface area (Å²) in [6.45, 7) is 4.06. The monoisotopic (exact) mass is 397 g/mol. The van der Waals surface area contributed by atoms with Crippen LogP contribution in [0.5, 0.6) is 0 Å². The molecule has 0 radical (unpaired) electrons. The van der Waals surface area contributed by atoms with E-state index >= 15 is 0 Å². The number of benzene rings is 2. The molecule has 1 unspecified atom stereocenters. The van der Waals surface area contributed by atoms with Crippen LogP contribution in [0.3, 0.4) is 0 Å². The van der Waals surface area contributed by atoms with E-state index in [9.17, 15) is 13.6 Å². The van der Waals surface area contributed by atoms with Gasteiger partial charge in [-0.15, -0.1) is 0 Å². The van der Waals surface area contributed by atoms with E-state index < -0.39 is 11.3 Å². The number of nitrogens with zero attached hydrogens (tertiary/aromatic N) is 3. The van der Waals surface area contributed by atoms with Gasteiger partial charge in [-0.1, -0.05) is 23.8 Å². The molecule has 0 aliphatic carbocycles. The van der Waals surface area contributed by atoms with Crippen molar-refractivity contribution < 1.29 is 13.6 Å². The summed E-state index contributed by atoms with van der Waals surface area (Å²) in [5.74, 6) is -0.289. The van der Waals surface area contributed by atoms with Crippen LogP contribution in [0.1, 0.15) is 27.2 Å².